The summed E-state index contributed by atoms with van der Waals surface area (Å²) in [6.07, 6.45) is 1.66. The highest BCUT2D eigenvalue weighted by Crippen LogP contribution is 2.29. The number of hydrogen-bond acceptors (Lipinski definition) is 4. The van der Waals surface area contributed by atoms with Crippen molar-refractivity contribution in [1.29, 1.82) is 0 Å². The molecule has 2 aliphatic rings. The highest BCUT2D eigenvalue weighted by Gasteiger charge is 2.47. The minimum absolute atomic E-state index is 0.119. The lowest BCUT2D eigenvalue weighted by Crippen LogP contribution is -2.32. The zero-order chi connectivity index (χ0) is 15.1. The molecule has 0 aliphatic carbocycles. The lowest BCUT2D eigenvalue weighted by atomic mass is 10.1. The standard InChI is InChI=1S/C16H15N3O3/c20-15-13-7-4-8-18(13)16(21)19(15)10-12-9-14(22-17-12)11-5-2-1-3-6-11/h1-3,5-6,9,13H,4,7-8,10H2/t13-/m1/s1. The molecule has 0 unspecified atom stereocenters. The van der Waals surface area contributed by atoms with Crippen LogP contribution in [0.15, 0.2) is 40.9 Å². The van der Waals surface area contributed by atoms with E-state index in [1.807, 2.05) is 30.3 Å². The maximum atomic E-state index is 12.3. The lowest BCUT2D eigenvalue weighted by Gasteiger charge is -2.13. The number of amides is 3. The number of carbonyl (C=O) groups is 2. The molecule has 1 aromatic carbocycles. The van der Waals surface area contributed by atoms with E-state index in [4.69, 9.17) is 4.52 Å². The largest absolute Gasteiger partial charge is 0.356 e. The van der Waals surface area contributed by atoms with Crippen molar-refractivity contribution >= 4 is 11.9 Å². The Kier molecular flexibility index (Phi) is 2.96. The van der Waals surface area contributed by atoms with Gasteiger partial charge in [-0.25, -0.2) is 4.79 Å². The van der Waals surface area contributed by atoms with Crippen LogP contribution in [0.4, 0.5) is 4.79 Å². The summed E-state index contributed by atoms with van der Waals surface area (Å²) in [4.78, 5) is 27.5. The van der Waals surface area contributed by atoms with Gasteiger partial charge in [-0.2, -0.15) is 0 Å². The molecule has 112 valence electrons. The summed E-state index contributed by atoms with van der Waals surface area (Å²) in [5.74, 6) is 0.516. The molecule has 22 heavy (non-hydrogen) atoms. The van der Waals surface area contributed by atoms with Gasteiger partial charge in [0, 0.05) is 18.2 Å². The number of aromatic nitrogens is 1. The van der Waals surface area contributed by atoms with Crippen molar-refractivity contribution in [3.63, 3.8) is 0 Å². The van der Waals surface area contributed by atoms with E-state index >= 15 is 0 Å². The highest BCUT2D eigenvalue weighted by molar-refractivity contribution is 6.04. The number of urea groups is 1. The van der Waals surface area contributed by atoms with Gasteiger partial charge in [-0.1, -0.05) is 35.5 Å². The Labute approximate surface area is 127 Å². The monoisotopic (exact) mass is 297 g/mol. The van der Waals surface area contributed by atoms with Crippen LogP contribution in [-0.4, -0.2) is 39.5 Å². The number of imide groups is 1. The van der Waals surface area contributed by atoms with Crippen LogP contribution < -0.4 is 0 Å². The van der Waals surface area contributed by atoms with Crippen LogP contribution in [0.25, 0.3) is 11.3 Å². The molecule has 6 heteroatoms. The fourth-order valence-electron chi connectivity index (χ4n) is 3.11. The number of rotatable bonds is 3. The van der Waals surface area contributed by atoms with Gasteiger partial charge in [-0.05, 0) is 12.8 Å². The minimum Gasteiger partial charge on any atom is -0.356 e. The fraction of sp³-hybridized carbons (Fsp3) is 0.312. The van der Waals surface area contributed by atoms with Crippen LogP contribution in [0.5, 0.6) is 0 Å². The van der Waals surface area contributed by atoms with Crippen LogP contribution in [0.3, 0.4) is 0 Å². The summed E-state index contributed by atoms with van der Waals surface area (Å²) in [5, 5.41) is 3.98. The normalized spacial score (nSPS) is 20.8. The molecule has 4 rings (SSSR count). The number of benzene rings is 1. The average Bonchev–Trinajstić information content (AvgIpc) is 3.25. The molecule has 0 saturated carbocycles. The molecule has 0 bridgehead atoms. The van der Waals surface area contributed by atoms with Gasteiger partial charge in [0.2, 0.25) is 0 Å². The van der Waals surface area contributed by atoms with Gasteiger partial charge in [0.05, 0.1) is 6.54 Å². The summed E-state index contributed by atoms with van der Waals surface area (Å²) in [6, 6.07) is 10.9. The van der Waals surface area contributed by atoms with E-state index < -0.39 is 0 Å². The predicted molar refractivity (Wildman–Crippen MR) is 77.6 cm³/mol. The summed E-state index contributed by atoms with van der Waals surface area (Å²) >= 11 is 0. The molecule has 6 nitrogen and oxygen atoms in total. The van der Waals surface area contributed by atoms with Gasteiger partial charge in [0.25, 0.3) is 5.91 Å². The predicted octanol–water partition coefficient (Wildman–Crippen LogP) is 2.27. The van der Waals surface area contributed by atoms with Crippen molar-refractivity contribution in [2.75, 3.05) is 6.54 Å². The molecule has 1 aromatic heterocycles. The van der Waals surface area contributed by atoms with Gasteiger partial charge in [-0.15, -0.1) is 0 Å². The molecule has 3 heterocycles. The molecule has 0 radical (unpaired) electrons. The van der Waals surface area contributed by atoms with Crippen molar-refractivity contribution in [1.82, 2.24) is 15.0 Å². The molecular weight excluding hydrogens is 282 g/mol. The maximum absolute atomic E-state index is 12.3. The first-order chi connectivity index (χ1) is 10.7. The third-order valence-electron chi connectivity index (χ3n) is 4.22. The molecular formula is C16H15N3O3. The molecule has 0 N–H and O–H groups in total. The lowest BCUT2D eigenvalue weighted by molar-refractivity contribution is -0.128. The maximum Gasteiger partial charge on any atom is 0.327 e. The molecule has 3 amide bonds. The molecule has 0 spiro atoms. The van der Waals surface area contributed by atoms with Crippen molar-refractivity contribution in [3.05, 3.63) is 42.1 Å². The Morgan fingerprint density at radius 3 is 2.82 bits per heavy atom. The average molecular weight is 297 g/mol. The topological polar surface area (TPSA) is 66.7 Å². The first-order valence-corrected chi connectivity index (χ1v) is 7.37. The zero-order valence-electron chi connectivity index (χ0n) is 11.9. The van der Waals surface area contributed by atoms with Crippen molar-refractivity contribution in [2.24, 2.45) is 0 Å². The van der Waals surface area contributed by atoms with E-state index in [0.717, 1.165) is 18.4 Å². The highest BCUT2D eigenvalue weighted by atomic mass is 16.5. The Bertz CT molecular complexity index is 703. The quantitative estimate of drug-likeness (QED) is 0.815. The van der Waals surface area contributed by atoms with Gasteiger partial charge in [0.15, 0.2) is 5.76 Å². The number of fused-ring (bicyclic) bond motifs is 1. The van der Waals surface area contributed by atoms with Crippen molar-refractivity contribution in [2.45, 2.75) is 25.4 Å². The Morgan fingerprint density at radius 1 is 1.23 bits per heavy atom. The second kappa shape index (κ2) is 4.98. The van der Waals surface area contributed by atoms with E-state index in [0.29, 0.717) is 18.0 Å². The van der Waals surface area contributed by atoms with Crippen LogP contribution >= 0.6 is 0 Å². The van der Waals surface area contributed by atoms with Gasteiger partial charge in [-0.3, -0.25) is 9.69 Å². The second-order valence-corrected chi connectivity index (χ2v) is 5.61. The van der Waals surface area contributed by atoms with E-state index in [1.54, 1.807) is 11.0 Å². The van der Waals surface area contributed by atoms with Crippen LogP contribution in [-0.2, 0) is 11.3 Å². The summed E-state index contributed by atoms with van der Waals surface area (Å²) in [5.41, 5.74) is 1.50. The van der Waals surface area contributed by atoms with Gasteiger partial charge < -0.3 is 9.42 Å². The zero-order valence-corrected chi connectivity index (χ0v) is 11.9. The number of nitrogens with zero attached hydrogens (tertiary/aromatic N) is 3. The first kappa shape index (κ1) is 13.1. The molecule has 2 fully saturated rings. The van der Waals surface area contributed by atoms with E-state index in [1.165, 1.54) is 4.90 Å². The van der Waals surface area contributed by atoms with E-state index in [9.17, 15) is 9.59 Å². The van der Waals surface area contributed by atoms with Gasteiger partial charge >= 0.3 is 6.03 Å². The van der Waals surface area contributed by atoms with E-state index in [2.05, 4.69) is 5.16 Å². The second-order valence-electron chi connectivity index (χ2n) is 5.61. The summed E-state index contributed by atoms with van der Waals surface area (Å²) < 4.78 is 5.31. The Balaban J connectivity index is 1.54. The molecule has 2 saturated heterocycles. The molecule has 2 aromatic rings. The third-order valence-corrected chi connectivity index (χ3v) is 4.22. The fourth-order valence-corrected chi connectivity index (χ4v) is 3.11. The van der Waals surface area contributed by atoms with Crippen LogP contribution in [0, 0.1) is 0 Å². The number of hydrogen-bond donors (Lipinski definition) is 0. The smallest absolute Gasteiger partial charge is 0.327 e. The third kappa shape index (κ3) is 1.99. The van der Waals surface area contributed by atoms with E-state index in [-0.39, 0.29) is 24.5 Å². The van der Waals surface area contributed by atoms with Crippen LogP contribution in [0.2, 0.25) is 0 Å². The minimum atomic E-state index is -0.270. The first-order valence-electron chi connectivity index (χ1n) is 7.37. The Hall–Kier alpha value is -2.63. The van der Waals surface area contributed by atoms with Crippen LogP contribution in [0.1, 0.15) is 18.5 Å². The molecule has 1 atom stereocenters. The van der Waals surface area contributed by atoms with Crippen molar-refractivity contribution < 1.29 is 14.1 Å². The number of carbonyl (C=O) groups excluding carboxylic acids is 2. The Morgan fingerprint density at radius 2 is 2.05 bits per heavy atom. The van der Waals surface area contributed by atoms with Gasteiger partial charge in [0.1, 0.15) is 11.7 Å². The van der Waals surface area contributed by atoms with Crippen molar-refractivity contribution in [3.8, 4) is 11.3 Å². The molecule has 2 aliphatic heterocycles. The summed E-state index contributed by atoms with van der Waals surface area (Å²) in [7, 11) is 0. The summed E-state index contributed by atoms with van der Waals surface area (Å²) in [6.45, 7) is 0.834. The SMILES string of the molecule is O=C1[C@H]2CCCN2C(=O)N1Cc1cc(-c2ccccc2)on1.